The predicted octanol–water partition coefficient (Wildman–Crippen LogP) is 1.47. The molecule has 1 heterocycles. The molecule has 20 heavy (non-hydrogen) atoms. The second-order valence-corrected chi connectivity index (χ2v) is 4.70. The van der Waals surface area contributed by atoms with E-state index in [1.54, 1.807) is 7.11 Å². The van der Waals surface area contributed by atoms with E-state index in [0.717, 1.165) is 19.3 Å². The van der Waals surface area contributed by atoms with Gasteiger partial charge >= 0.3 is 12.0 Å². The van der Waals surface area contributed by atoms with Crippen LogP contribution in [0.15, 0.2) is 18.3 Å². The van der Waals surface area contributed by atoms with Gasteiger partial charge in [-0.3, -0.25) is 0 Å². The van der Waals surface area contributed by atoms with E-state index in [-0.39, 0.29) is 23.9 Å². The number of hydrogen-bond acceptors (Lipinski definition) is 4. The molecule has 1 aromatic rings. The van der Waals surface area contributed by atoms with Crippen LogP contribution in [0.1, 0.15) is 29.8 Å². The van der Waals surface area contributed by atoms with Gasteiger partial charge in [0.15, 0.2) is 0 Å². The third kappa shape index (κ3) is 3.67. The largest absolute Gasteiger partial charge is 0.477 e. The van der Waals surface area contributed by atoms with Crippen LogP contribution >= 0.6 is 0 Å². The van der Waals surface area contributed by atoms with Crippen LogP contribution < -0.4 is 10.6 Å². The average Bonchev–Trinajstić information content (AvgIpc) is 2.86. The van der Waals surface area contributed by atoms with Crippen molar-refractivity contribution in [3.05, 3.63) is 24.0 Å². The molecule has 2 amide bonds. The van der Waals surface area contributed by atoms with Crippen LogP contribution in [0.25, 0.3) is 0 Å². The molecule has 0 aliphatic heterocycles. The summed E-state index contributed by atoms with van der Waals surface area (Å²) >= 11 is 0. The third-order valence-electron chi connectivity index (χ3n) is 3.29. The number of aromatic nitrogens is 1. The first-order chi connectivity index (χ1) is 9.58. The Morgan fingerprint density at radius 2 is 2.20 bits per heavy atom. The molecule has 7 heteroatoms. The number of ether oxygens (including phenoxy) is 1. The number of hydrogen-bond donors (Lipinski definition) is 3. The molecule has 0 saturated heterocycles. The van der Waals surface area contributed by atoms with Crippen molar-refractivity contribution in [2.45, 2.75) is 31.4 Å². The van der Waals surface area contributed by atoms with Gasteiger partial charge in [0.2, 0.25) is 0 Å². The van der Waals surface area contributed by atoms with Crippen LogP contribution in [-0.4, -0.2) is 41.3 Å². The highest BCUT2D eigenvalue weighted by atomic mass is 16.5. The monoisotopic (exact) mass is 279 g/mol. The molecule has 2 atom stereocenters. The molecule has 0 aromatic carbocycles. The van der Waals surface area contributed by atoms with Gasteiger partial charge in [0.25, 0.3) is 0 Å². The van der Waals surface area contributed by atoms with E-state index in [4.69, 9.17) is 9.84 Å². The number of anilines is 1. The summed E-state index contributed by atoms with van der Waals surface area (Å²) in [6.07, 6.45) is 4.16. The van der Waals surface area contributed by atoms with Gasteiger partial charge in [-0.1, -0.05) is 0 Å². The van der Waals surface area contributed by atoms with Crippen LogP contribution in [0.2, 0.25) is 0 Å². The number of methoxy groups -OCH3 is 1. The van der Waals surface area contributed by atoms with Gasteiger partial charge in [-0.2, -0.15) is 0 Å². The number of rotatable bonds is 4. The van der Waals surface area contributed by atoms with Crippen LogP contribution in [-0.2, 0) is 4.74 Å². The minimum absolute atomic E-state index is 0.0605. The zero-order valence-electron chi connectivity index (χ0n) is 11.1. The zero-order chi connectivity index (χ0) is 14.5. The number of nitrogens with zero attached hydrogens (tertiary/aromatic N) is 1. The summed E-state index contributed by atoms with van der Waals surface area (Å²) in [6.45, 7) is 0. The second-order valence-electron chi connectivity index (χ2n) is 4.70. The fourth-order valence-electron chi connectivity index (χ4n) is 2.23. The number of carboxylic acids is 1. The summed E-state index contributed by atoms with van der Waals surface area (Å²) in [7, 11) is 1.67. The minimum Gasteiger partial charge on any atom is -0.477 e. The van der Waals surface area contributed by atoms with E-state index >= 15 is 0 Å². The van der Waals surface area contributed by atoms with Gasteiger partial charge in [0, 0.05) is 13.2 Å². The molecule has 1 aromatic heterocycles. The maximum atomic E-state index is 11.8. The van der Waals surface area contributed by atoms with Gasteiger partial charge in [0.1, 0.15) is 5.69 Å². The first-order valence-electron chi connectivity index (χ1n) is 6.38. The molecule has 0 spiro atoms. The van der Waals surface area contributed by atoms with Crippen LogP contribution in [0.4, 0.5) is 10.5 Å². The molecule has 0 bridgehead atoms. The third-order valence-corrected chi connectivity index (χ3v) is 3.29. The molecule has 1 fully saturated rings. The first-order valence-corrected chi connectivity index (χ1v) is 6.38. The smallest absolute Gasteiger partial charge is 0.354 e. The number of amides is 2. The quantitative estimate of drug-likeness (QED) is 0.774. The Balaban J connectivity index is 1.84. The van der Waals surface area contributed by atoms with E-state index in [9.17, 15) is 9.59 Å². The molecule has 108 valence electrons. The van der Waals surface area contributed by atoms with Crippen molar-refractivity contribution in [1.82, 2.24) is 10.3 Å². The number of nitrogens with one attached hydrogen (secondary N) is 2. The number of carbonyl (C=O) groups excluding carboxylic acids is 1. The molecule has 1 aliphatic carbocycles. The van der Waals surface area contributed by atoms with E-state index in [0.29, 0.717) is 5.69 Å². The number of carbonyl (C=O) groups is 2. The highest BCUT2D eigenvalue weighted by molar-refractivity contribution is 5.90. The fourth-order valence-corrected chi connectivity index (χ4v) is 2.23. The first kappa shape index (κ1) is 14.3. The summed E-state index contributed by atoms with van der Waals surface area (Å²) in [5.41, 5.74) is 0.392. The molecule has 2 unspecified atom stereocenters. The van der Waals surface area contributed by atoms with E-state index in [2.05, 4.69) is 15.6 Å². The summed E-state index contributed by atoms with van der Waals surface area (Å²) in [5, 5.41) is 14.2. The van der Waals surface area contributed by atoms with Crippen molar-refractivity contribution >= 4 is 17.7 Å². The summed E-state index contributed by atoms with van der Waals surface area (Å²) < 4.78 is 5.24. The highest BCUT2D eigenvalue weighted by Gasteiger charge is 2.25. The van der Waals surface area contributed by atoms with Gasteiger partial charge < -0.3 is 20.5 Å². The lowest BCUT2D eigenvalue weighted by molar-refractivity contribution is 0.0690. The molecule has 2 rings (SSSR count). The zero-order valence-corrected chi connectivity index (χ0v) is 11.1. The van der Waals surface area contributed by atoms with Crippen LogP contribution in [0, 0.1) is 0 Å². The van der Waals surface area contributed by atoms with Crippen molar-refractivity contribution in [2.75, 3.05) is 12.4 Å². The molecule has 0 radical (unpaired) electrons. The van der Waals surface area contributed by atoms with Crippen molar-refractivity contribution in [1.29, 1.82) is 0 Å². The Labute approximate surface area is 116 Å². The number of aromatic carboxylic acids is 1. The predicted molar refractivity (Wildman–Crippen MR) is 71.8 cm³/mol. The van der Waals surface area contributed by atoms with Crippen LogP contribution in [0.5, 0.6) is 0 Å². The minimum atomic E-state index is -1.10. The summed E-state index contributed by atoms with van der Waals surface area (Å²) in [6, 6.07) is 2.62. The van der Waals surface area contributed by atoms with Gasteiger partial charge in [-0.05, 0) is 31.4 Å². The lowest BCUT2D eigenvalue weighted by Gasteiger charge is -2.13. The lowest BCUT2D eigenvalue weighted by atomic mass is 10.2. The number of pyridine rings is 1. The molecule has 1 aliphatic rings. The van der Waals surface area contributed by atoms with Crippen molar-refractivity contribution in [3.63, 3.8) is 0 Å². The van der Waals surface area contributed by atoms with Crippen molar-refractivity contribution < 1.29 is 19.4 Å². The van der Waals surface area contributed by atoms with Gasteiger partial charge in [-0.15, -0.1) is 0 Å². The Bertz CT molecular complexity index is 489. The molecular weight excluding hydrogens is 262 g/mol. The normalized spacial score (nSPS) is 21.4. The van der Waals surface area contributed by atoms with Crippen molar-refractivity contribution in [3.8, 4) is 0 Å². The lowest BCUT2D eigenvalue weighted by Crippen LogP contribution is -2.36. The standard InChI is InChI=1S/C13H17N3O4/c1-20-10-4-2-8(6-10)15-13(19)16-9-3-5-11(12(17)18)14-7-9/h3,5,7-8,10H,2,4,6H2,1H3,(H,17,18)(H2,15,16,19). The van der Waals surface area contributed by atoms with E-state index in [1.807, 2.05) is 0 Å². The number of urea groups is 1. The average molecular weight is 279 g/mol. The molecule has 3 N–H and O–H groups in total. The summed E-state index contributed by atoms with van der Waals surface area (Å²) in [4.78, 5) is 26.2. The summed E-state index contributed by atoms with van der Waals surface area (Å²) in [5.74, 6) is -1.10. The second kappa shape index (κ2) is 6.33. The maximum Gasteiger partial charge on any atom is 0.354 e. The topological polar surface area (TPSA) is 101 Å². The fraction of sp³-hybridized carbons (Fsp3) is 0.462. The van der Waals surface area contributed by atoms with E-state index in [1.165, 1.54) is 18.3 Å². The molecule has 1 saturated carbocycles. The maximum absolute atomic E-state index is 11.8. The molecular formula is C13H17N3O4. The van der Waals surface area contributed by atoms with E-state index < -0.39 is 5.97 Å². The SMILES string of the molecule is COC1CCC(NC(=O)Nc2ccc(C(=O)O)nc2)C1. The van der Waals surface area contributed by atoms with Crippen molar-refractivity contribution in [2.24, 2.45) is 0 Å². The Morgan fingerprint density at radius 1 is 1.40 bits per heavy atom. The van der Waals surface area contributed by atoms with Gasteiger partial charge in [0.05, 0.1) is 18.0 Å². The molecule has 7 nitrogen and oxygen atoms in total. The highest BCUT2D eigenvalue weighted by Crippen LogP contribution is 2.21. The Morgan fingerprint density at radius 3 is 2.75 bits per heavy atom. The van der Waals surface area contributed by atoms with Crippen LogP contribution in [0.3, 0.4) is 0 Å². The Hall–Kier alpha value is -2.15. The Kier molecular flexibility index (Phi) is 4.52. The van der Waals surface area contributed by atoms with Gasteiger partial charge in [-0.25, -0.2) is 14.6 Å². The number of carboxylic acid groups (broad SMARTS) is 1.